The van der Waals surface area contributed by atoms with Crippen LogP contribution in [0.3, 0.4) is 0 Å². The molecule has 0 aromatic heterocycles. The summed E-state index contributed by atoms with van der Waals surface area (Å²) in [7, 11) is 0. The van der Waals surface area contributed by atoms with Gasteiger partial charge in [0.15, 0.2) is 23.0 Å². The quantitative estimate of drug-likeness (QED) is 0.310. The van der Waals surface area contributed by atoms with Gasteiger partial charge < -0.3 is 18.9 Å². The van der Waals surface area contributed by atoms with Gasteiger partial charge in [0.25, 0.3) is 11.8 Å². The van der Waals surface area contributed by atoms with Gasteiger partial charge in [0, 0.05) is 16.1 Å². The van der Waals surface area contributed by atoms with Crippen molar-refractivity contribution in [3.05, 3.63) is 81.3 Å². The van der Waals surface area contributed by atoms with E-state index in [9.17, 15) is 19.6 Å². The van der Waals surface area contributed by atoms with Crippen molar-refractivity contribution in [2.24, 2.45) is 0 Å². The monoisotopic (exact) mass is 589 g/mol. The molecule has 2 aliphatic heterocycles. The second kappa shape index (κ2) is 10.9. The lowest BCUT2D eigenvalue weighted by Crippen LogP contribution is -2.54. The Kier molecular flexibility index (Phi) is 7.21. The molecule has 3 aromatic rings. The summed E-state index contributed by atoms with van der Waals surface area (Å²) in [5, 5.41) is 11.5. The third kappa shape index (κ3) is 5.15. The lowest BCUT2D eigenvalue weighted by molar-refractivity contribution is -0.122. The zero-order chi connectivity index (χ0) is 27.5. The molecule has 0 aliphatic carbocycles. The van der Waals surface area contributed by atoms with Crippen LogP contribution in [0.5, 0.6) is 23.0 Å². The van der Waals surface area contributed by atoms with Crippen molar-refractivity contribution in [1.82, 2.24) is 5.32 Å². The Morgan fingerprint density at radius 2 is 1.82 bits per heavy atom. The van der Waals surface area contributed by atoms with Gasteiger partial charge >= 0.3 is 6.03 Å². The highest BCUT2D eigenvalue weighted by atomic mass is 79.9. The standard InChI is InChI=1S/C28H20BrN3O7/c1-2-36-23-10-18(21(29)12-25(23)37-14-17-6-4-3-5-16(17)13-30)9-20-26(33)31-28(35)32(27(20)34)19-7-8-22-24(11-19)39-15-38-22/h3-12H,2,14-15H2,1H3,(H,31,33,35)/b20-9+. The number of hydrogen-bond acceptors (Lipinski definition) is 8. The van der Waals surface area contributed by atoms with Crippen LogP contribution in [-0.2, 0) is 16.2 Å². The van der Waals surface area contributed by atoms with Crippen molar-refractivity contribution in [2.75, 3.05) is 18.3 Å². The first-order valence-corrected chi connectivity index (χ1v) is 12.6. The van der Waals surface area contributed by atoms with E-state index in [-0.39, 0.29) is 24.7 Å². The Labute approximate surface area is 231 Å². The zero-order valence-corrected chi connectivity index (χ0v) is 22.1. The molecule has 2 aliphatic rings. The molecule has 0 saturated carbocycles. The van der Waals surface area contributed by atoms with Crippen LogP contribution in [-0.4, -0.2) is 31.2 Å². The maximum Gasteiger partial charge on any atom is 0.335 e. The fourth-order valence-electron chi connectivity index (χ4n) is 4.03. The van der Waals surface area contributed by atoms with E-state index in [0.717, 1.165) is 4.90 Å². The average Bonchev–Trinajstić information content (AvgIpc) is 3.40. The molecule has 5 rings (SSSR count). The molecule has 2 heterocycles. The first-order valence-electron chi connectivity index (χ1n) is 11.8. The van der Waals surface area contributed by atoms with Gasteiger partial charge in [-0.25, -0.2) is 9.69 Å². The molecular formula is C28H20BrN3O7. The molecule has 3 aromatic carbocycles. The van der Waals surface area contributed by atoms with Crippen LogP contribution >= 0.6 is 15.9 Å². The van der Waals surface area contributed by atoms with Crippen LogP contribution < -0.4 is 29.2 Å². The zero-order valence-electron chi connectivity index (χ0n) is 20.5. The molecule has 0 bridgehead atoms. The molecule has 0 unspecified atom stereocenters. The maximum atomic E-state index is 13.4. The van der Waals surface area contributed by atoms with Crippen molar-refractivity contribution < 1.29 is 33.3 Å². The van der Waals surface area contributed by atoms with Gasteiger partial charge in [0.05, 0.1) is 23.9 Å². The predicted molar refractivity (Wildman–Crippen MR) is 142 cm³/mol. The highest BCUT2D eigenvalue weighted by Gasteiger charge is 2.37. The minimum absolute atomic E-state index is 0.0311. The number of benzene rings is 3. The number of fused-ring (bicyclic) bond motifs is 1. The van der Waals surface area contributed by atoms with Gasteiger partial charge in [0.1, 0.15) is 12.2 Å². The molecule has 1 fully saturated rings. The van der Waals surface area contributed by atoms with Crippen LogP contribution in [0.2, 0.25) is 0 Å². The first-order chi connectivity index (χ1) is 18.9. The lowest BCUT2D eigenvalue weighted by Gasteiger charge is -2.26. The minimum atomic E-state index is -0.878. The highest BCUT2D eigenvalue weighted by molar-refractivity contribution is 9.10. The van der Waals surface area contributed by atoms with Gasteiger partial charge in [0.2, 0.25) is 6.79 Å². The molecule has 39 heavy (non-hydrogen) atoms. The fourth-order valence-corrected chi connectivity index (χ4v) is 4.46. The normalized spacial score (nSPS) is 15.3. The van der Waals surface area contributed by atoms with E-state index in [2.05, 4.69) is 27.3 Å². The number of amides is 4. The van der Waals surface area contributed by atoms with Crippen molar-refractivity contribution in [1.29, 1.82) is 5.26 Å². The van der Waals surface area contributed by atoms with Gasteiger partial charge in [-0.15, -0.1) is 0 Å². The van der Waals surface area contributed by atoms with Crippen LogP contribution in [0, 0.1) is 11.3 Å². The number of imide groups is 2. The number of nitrogens with one attached hydrogen (secondary N) is 1. The van der Waals surface area contributed by atoms with Gasteiger partial charge in [-0.3, -0.25) is 14.9 Å². The van der Waals surface area contributed by atoms with Gasteiger partial charge in [-0.2, -0.15) is 5.26 Å². The molecule has 4 amide bonds. The highest BCUT2D eigenvalue weighted by Crippen LogP contribution is 2.38. The molecular weight excluding hydrogens is 570 g/mol. The van der Waals surface area contributed by atoms with Crippen molar-refractivity contribution in [3.8, 4) is 29.1 Å². The third-order valence-electron chi connectivity index (χ3n) is 5.90. The van der Waals surface area contributed by atoms with E-state index >= 15 is 0 Å². The molecule has 0 atom stereocenters. The van der Waals surface area contributed by atoms with E-state index in [0.29, 0.717) is 50.8 Å². The fraction of sp³-hybridized carbons (Fsp3) is 0.143. The smallest absolute Gasteiger partial charge is 0.335 e. The van der Waals surface area contributed by atoms with Crippen LogP contribution in [0.15, 0.2) is 64.6 Å². The first kappa shape index (κ1) is 25.8. The summed E-state index contributed by atoms with van der Waals surface area (Å²) in [5.41, 5.74) is 1.62. The Morgan fingerprint density at radius 1 is 1.05 bits per heavy atom. The summed E-state index contributed by atoms with van der Waals surface area (Å²) in [4.78, 5) is 39.5. The number of urea groups is 1. The van der Waals surface area contributed by atoms with Gasteiger partial charge in [-0.1, -0.05) is 34.1 Å². The Hall–Kier alpha value is -4.82. The number of rotatable bonds is 7. The lowest BCUT2D eigenvalue weighted by atomic mass is 10.1. The van der Waals surface area contributed by atoms with Crippen LogP contribution in [0.25, 0.3) is 6.08 Å². The number of nitrogens with zero attached hydrogens (tertiary/aromatic N) is 2. The largest absolute Gasteiger partial charge is 0.490 e. The molecule has 196 valence electrons. The number of ether oxygens (including phenoxy) is 4. The number of carbonyl (C=O) groups is 3. The number of carbonyl (C=O) groups excluding carboxylic acids is 3. The van der Waals surface area contributed by atoms with E-state index < -0.39 is 17.8 Å². The van der Waals surface area contributed by atoms with E-state index in [1.54, 1.807) is 36.4 Å². The number of halogens is 1. The summed E-state index contributed by atoms with van der Waals surface area (Å²) in [5.74, 6) is -0.000332. The second-order valence-electron chi connectivity index (χ2n) is 8.31. The number of hydrogen-bond donors (Lipinski definition) is 1. The molecule has 10 nitrogen and oxygen atoms in total. The van der Waals surface area contributed by atoms with Crippen LogP contribution in [0.1, 0.15) is 23.6 Å². The third-order valence-corrected chi connectivity index (χ3v) is 6.59. The molecule has 0 radical (unpaired) electrons. The summed E-state index contributed by atoms with van der Waals surface area (Å²) in [6, 6.07) is 16.2. The van der Waals surface area contributed by atoms with Crippen molar-refractivity contribution in [3.63, 3.8) is 0 Å². The minimum Gasteiger partial charge on any atom is -0.490 e. The Bertz CT molecular complexity index is 1580. The molecule has 11 heteroatoms. The molecule has 1 N–H and O–H groups in total. The average molecular weight is 590 g/mol. The number of nitriles is 1. The predicted octanol–water partition coefficient (Wildman–Crippen LogP) is 4.69. The summed E-state index contributed by atoms with van der Waals surface area (Å²) in [6.07, 6.45) is 1.37. The SMILES string of the molecule is CCOc1cc(/C=C2\C(=O)NC(=O)N(c3ccc4c(c3)OCO4)C2=O)c(Br)cc1OCc1ccccc1C#N. The van der Waals surface area contributed by atoms with E-state index in [1.165, 1.54) is 18.2 Å². The number of anilines is 1. The maximum absolute atomic E-state index is 13.4. The molecule has 0 spiro atoms. The Balaban J connectivity index is 1.46. The van der Waals surface area contributed by atoms with E-state index in [4.69, 9.17) is 18.9 Å². The summed E-state index contributed by atoms with van der Waals surface area (Å²) < 4.78 is 22.9. The second-order valence-corrected chi connectivity index (χ2v) is 9.16. The number of barbiturate groups is 1. The molecule has 1 saturated heterocycles. The van der Waals surface area contributed by atoms with Crippen LogP contribution in [0.4, 0.5) is 10.5 Å². The van der Waals surface area contributed by atoms with E-state index in [1.807, 2.05) is 13.0 Å². The van der Waals surface area contributed by atoms with Gasteiger partial charge in [-0.05, 0) is 48.9 Å². The Morgan fingerprint density at radius 3 is 2.62 bits per heavy atom. The topological polar surface area (TPSA) is 127 Å². The van der Waals surface area contributed by atoms with Crippen molar-refractivity contribution >= 4 is 45.5 Å². The van der Waals surface area contributed by atoms with Crippen molar-refractivity contribution in [2.45, 2.75) is 13.5 Å². The summed E-state index contributed by atoms with van der Waals surface area (Å²) >= 11 is 3.47. The summed E-state index contributed by atoms with van der Waals surface area (Å²) in [6.45, 7) is 2.30.